The molecule has 4 nitrogen and oxygen atoms in total. The van der Waals surface area contributed by atoms with Gasteiger partial charge in [-0.15, -0.1) is 0 Å². The van der Waals surface area contributed by atoms with E-state index < -0.39 is 5.97 Å². The molecule has 0 aliphatic heterocycles. The third-order valence-corrected chi connectivity index (χ3v) is 3.86. The summed E-state index contributed by atoms with van der Waals surface area (Å²) >= 11 is 4.81. The average molecular weight is 340 g/mol. The minimum atomic E-state index is -1.03. The summed E-state index contributed by atoms with van der Waals surface area (Å²) in [5, 5.41) is 15.4. The number of halogens is 1. The zero-order valence-corrected chi connectivity index (χ0v) is 12.1. The van der Waals surface area contributed by atoms with Crippen molar-refractivity contribution < 1.29 is 14.7 Å². The quantitative estimate of drug-likeness (QED) is 0.897. The van der Waals surface area contributed by atoms with E-state index in [4.69, 9.17) is 5.11 Å². The molecule has 0 saturated carbocycles. The fraction of sp³-hybridized carbons (Fsp3) is 0.0769. The summed E-state index contributed by atoms with van der Waals surface area (Å²) in [5.41, 5.74) is 1.53. The van der Waals surface area contributed by atoms with Gasteiger partial charge in [0.1, 0.15) is 0 Å². The Labute approximate surface area is 122 Å². The number of rotatable bonds is 4. The maximum Gasteiger partial charge on any atom is 0.335 e. The van der Waals surface area contributed by atoms with Gasteiger partial charge >= 0.3 is 5.97 Å². The van der Waals surface area contributed by atoms with Crippen molar-refractivity contribution in [2.24, 2.45) is 0 Å². The molecule has 0 aliphatic carbocycles. The molecule has 6 heteroatoms. The molecule has 0 bridgehead atoms. The van der Waals surface area contributed by atoms with Gasteiger partial charge in [-0.05, 0) is 56.5 Å². The molecule has 1 aromatic heterocycles. The van der Waals surface area contributed by atoms with Crippen LogP contribution in [0.2, 0.25) is 0 Å². The number of anilines is 1. The number of hydrogen-bond donors (Lipinski definition) is 2. The molecule has 1 amide bonds. The monoisotopic (exact) mass is 339 g/mol. The molecule has 2 rings (SSSR count). The largest absolute Gasteiger partial charge is 0.478 e. The van der Waals surface area contributed by atoms with Gasteiger partial charge in [0, 0.05) is 4.47 Å². The summed E-state index contributed by atoms with van der Waals surface area (Å²) in [6.07, 6.45) is 0.271. The van der Waals surface area contributed by atoms with Crippen molar-refractivity contribution in [3.05, 3.63) is 50.6 Å². The Morgan fingerprint density at radius 1 is 1.32 bits per heavy atom. The van der Waals surface area contributed by atoms with Gasteiger partial charge in [-0.2, -0.15) is 11.3 Å². The Morgan fingerprint density at radius 3 is 2.74 bits per heavy atom. The number of carboxylic acids is 1. The summed E-state index contributed by atoms with van der Waals surface area (Å²) in [6.45, 7) is 0. The van der Waals surface area contributed by atoms with Crippen LogP contribution in [0, 0.1) is 0 Å². The molecule has 19 heavy (non-hydrogen) atoms. The summed E-state index contributed by atoms with van der Waals surface area (Å²) < 4.78 is 0.649. The highest BCUT2D eigenvalue weighted by molar-refractivity contribution is 9.10. The molecule has 1 aromatic carbocycles. The van der Waals surface area contributed by atoms with Gasteiger partial charge in [0.25, 0.3) is 0 Å². The van der Waals surface area contributed by atoms with E-state index in [9.17, 15) is 9.59 Å². The summed E-state index contributed by atoms with van der Waals surface area (Å²) in [7, 11) is 0. The van der Waals surface area contributed by atoms with Gasteiger partial charge in [0.05, 0.1) is 17.7 Å². The molecule has 0 atom stereocenters. The van der Waals surface area contributed by atoms with Crippen molar-refractivity contribution in [1.29, 1.82) is 0 Å². The Hall–Kier alpha value is -1.66. The zero-order chi connectivity index (χ0) is 13.8. The van der Waals surface area contributed by atoms with Crippen LogP contribution in [0.1, 0.15) is 15.9 Å². The van der Waals surface area contributed by atoms with E-state index in [0.29, 0.717) is 10.2 Å². The van der Waals surface area contributed by atoms with Crippen LogP contribution < -0.4 is 5.32 Å². The number of benzene rings is 1. The van der Waals surface area contributed by atoms with Gasteiger partial charge in [0.2, 0.25) is 5.91 Å². The summed E-state index contributed by atoms with van der Waals surface area (Å²) in [6, 6.07) is 6.38. The van der Waals surface area contributed by atoms with E-state index in [2.05, 4.69) is 21.2 Å². The predicted octanol–water partition coefficient (Wildman–Crippen LogP) is 3.39. The van der Waals surface area contributed by atoms with Gasteiger partial charge in [-0.1, -0.05) is 0 Å². The highest BCUT2D eigenvalue weighted by Crippen LogP contribution is 2.24. The van der Waals surface area contributed by atoms with E-state index in [-0.39, 0.29) is 17.9 Å². The zero-order valence-electron chi connectivity index (χ0n) is 9.72. The van der Waals surface area contributed by atoms with Crippen molar-refractivity contribution in [1.82, 2.24) is 0 Å². The maximum absolute atomic E-state index is 11.8. The lowest BCUT2D eigenvalue weighted by Gasteiger charge is -2.08. The minimum absolute atomic E-state index is 0.133. The Morgan fingerprint density at radius 2 is 2.11 bits per heavy atom. The number of carbonyl (C=O) groups is 2. The molecule has 0 unspecified atom stereocenters. The van der Waals surface area contributed by atoms with E-state index in [0.717, 1.165) is 5.56 Å². The average Bonchev–Trinajstić information content (AvgIpc) is 2.84. The first-order chi connectivity index (χ1) is 9.06. The standard InChI is InChI=1S/C13H10BrNO3S/c14-10-2-1-9(13(17)18)6-11(10)15-12(16)5-8-3-4-19-7-8/h1-4,6-7H,5H2,(H,15,16)(H,17,18). The first kappa shape index (κ1) is 13.8. The smallest absolute Gasteiger partial charge is 0.335 e. The van der Waals surface area contributed by atoms with Crippen molar-refractivity contribution in [2.75, 3.05) is 5.32 Å². The molecular weight excluding hydrogens is 330 g/mol. The van der Waals surface area contributed by atoms with Crippen LogP contribution in [-0.2, 0) is 11.2 Å². The molecule has 0 fully saturated rings. The molecular formula is C13H10BrNO3S. The second kappa shape index (κ2) is 5.99. The molecule has 0 aliphatic rings. The highest BCUT2D eigenvalue weighted by Gasteiger charge is 2.10. The summed E-state index contributed by atoms with van der Waals surface area (Å²) in [5.74, 6) is -1.21. The van der Waals surface area contributed by atoms with E-state index >= 15 is 0 Å². The van der Waals surface area contributed by atoms with Crippen LogP contribution in [0.15, 0.2) is 39.5 Å². The van der Waals surface area contributed by atoms with Crippen molar-refractivity contribution in [3.8, 4) is 0 Å². The lowest BCUT2D eigenvalue weighted by Crippen LogP contribution is -2.14. The Bertz CT molecular complexity index is 610. The van der Waals surface area contributed by atoms with Crippen molar-refractivity contribution >= 4 is 44.8 Å². The van der Waals surface area contributed by atoms with Crippen LogP contribution in [0.5, 0.6) is 0 Å². The lowest BCUT2D eigenvalue weighted by molar-refractivity contribution is -0.115. The normalized spacial score (nSPS) is 10.2. The first-order valence-electron chi connectivity index (χ1n) is 5.40. The molecule has 0 spiro atoms. The first-order valence-corrected chi connectivity index (χ1v) is 7.13. The van der Waals surface area contributed by atoms with Crippen LogP contribution >= 0.6 is 27.3 Å². The highest BCUT2D eigenvalue weighted by atomic mass is 79.9. The van der Waals surface area contributed by atoms with Crippen LogP contribution in [0.4, 0.5) is 5.69 Å². The number of thiophene rings is 1. The number of carboxylic acid groups (broad SMARTS) is 1. The van der Waals surface area contributed by atoms with Crippen LogP contribution in [-0.4, -0.2) is 17.0 Å². The second-order valence-corrected chi connectivity index (χ2v) is 5.49. The van der Waals surface area contributed by atoms with E-state index in [1.807, 2.05) is 16.8 Å². The van der Waals surface area contributed by atoms with Crippen LogP contribution in [0.3, 0.4) is 0 Å². The molecule has 0 saturated heterocycles. The molecule has 98 valence electrons. The maximum atomic E-state index is 11.8. The van der Waals surface area contributed by atoms with Gasteiger partial charge in [0.15, 0.2) is 0 Å². The van der Waals surface area contributed by atoms with Crippen molar-refractivity contribution in [2.45, 2.75) is 6.42 Å². The van der Waals surface area contributed by atoms with Gasteiger partial charge in [-0.25, -0.2) is 4.79 Å². The van der Waals surface area contributed by atoms with Gasteiger partial charge < -0.3 is 10.4 Å². The molecule has 0 radical (unpaired) electrons. The SMILES string of the molecule is O=C(Cc1ccsc1)Nc1cc(C(=O)O)ccc1Br. The van der Waals surface area contributed by atoms with Crippen molar-refractivity contribution in [3.63, 3.8) is 0 Å². The third kappa shape index (κ3) is 3.65. The third-order valence-electron chi connectivity index (χ3n) is 2.43. The van der Waals surface area contributed by atoms with Crippen LogP contribution in [0.25, 0.3) is 0 Å². The van der Waals surface area contributed by atoms with Gasteiger partial charge in [-0.3, -0.25) is 4.79 Å². The number of aromatic carboxylic acids is 1. The Kier molecular flexibility index (Phi) is 4.34. The number of carbonyl (C=O) groups excluding carboxylic acids is 1. The van der Waals surface area contributed by atoms with E-state index in [1.165, 1.54) is 23.5 Å². The lowest BCUT2D eigenvalue weighted by atomic mass is 10.2. The number of nitrogens with one attached hydrogen (secondary N) is 1. The topological polar surface area (TPSA) is 66.4 Å². The number of amides is 1. The number of hydrogen-bond acceptors (Lipinski definition) is 3. The summed E-state index contributed by atoms with van der Waals surface area (Å²) in [4.78, 5) is 22.7. The minimum Gasteiger partial charge on any atom is -0.478 e. The molecule has 2 N–H and O–H groups in total. The second-order valence-electron chi connectivity index (χ2n) is 3.86. The molecule has 2 aromatic rings. The molecule has 1 heterocycles. The fourth-order valence-corrected chi connectivity index (χ4v) is 2.54. The fourth-order valence-electron chi connectivity index (χ4n) is 1.53. The predicted molar refractivity (Wildman–Crippen MR) is 77.8 cm³/mol. The van der Waals surface area contributed by atoms with E-state index in [1.54, 1.807) is 6.07 Å². The Balaban J connectivity index is 2.11.